The van der Waals surface area contributed by atoms with E-state index >= 15 is 0 Å². The Morgan fingerprint density at radius 2 is 2.14 bits per heavy atom. The van der Waals surface area contributed by atoms with E-state index < -0.39 is 0 Å². The topological polar surface area (TPSA) is 68.8 Å². The number of aromatic nitrogens is 4. The van der Waals surface area contributed by atoms with Gasteiger partial charge in [-0.25, -0.2) is 4.68 Å². The van der Waals surface area contributed by atoms with Gasteiger partial charge in [0.1, 0.15) is 11.5 Å². The number of nitrogens with zero attached hydrogens (tertiary/aromatic N) is 4. The highest BCUT2D eigenvalue weighted by atomic mass is 35.5. The second kappa shape index (κ2) is 6.19. The number of benzene rings is 1. The van der Waals surface area contributed by atoms with E-state index in [0.29, 0.717) is 19.0 Å². The molecule has 1 aromatic carbocycles. The predicted molar refractivity (Wildman–Crippen MR) is 84.7 cm³/mol. The lowest BCUT2D eigenvalue weighted by molar-refractivity contribution is 0.529. The number of rotatable bonds is 5. The standard InChI is InChI=1S/C15H16ClN5O/c1-3-21-15(18-19-20-21)17-9-11-7-8-14(22-11)12-5-4-6-13(16)10(12)2/h4-8H,3,9H2,1-2H3,(H,17,18,20). The van der Waals surface area contributed by atoms with E-state index in [4.69, 9.17) is 16.0 Å². The summed E-state index contributed by atoms with van der Waals surface area (Å²) in [6.07, 6.45) is 0. The van der Waals surface area contributed by atoms with Crippen LogP contribution in [0, 0.1) is 6.92 Å². The number of nitrogens with one attached hydrogen (secondary N) is 1. The van der Waals surface area contributed by atoms with Gasteiger partial charge < -0.3 is 9.73 Å². The van der Waals surface area contributed by atoms with E-state index in [9.17, 15) is 0 Å². The van der Waals surface area contributed by atoms with Crippen molar-refractivity contribution in [1.82, 2.24) is 20.2 Å². The molecule has 0 aliphatic carbocycles. The fourth-order valence-electron chi connectivity index (χ4n) is 2.20. The van der Waals surface area contributed by atoms with Crippen molar-refractivity contribution in [2.24, 2.45) is 0 Å². The van der Waals surface area contributed by atoms with Gasteiger partial charge in [-0.1, -0.05) is 28.8 Å². The van der Waals surface area contributed by atoms with Crippen LogP contribution in [0.2, 0.25) is 5.02 Å². The minimum atomic E-state index is 0.514. The number of tetrazole rings is 1. The number of furan rings is 1. The molecule has 0 saturated carbocycles. The molecule has 0 atom stereocenters. The van der Waals surface area contributed by atoms with Crippen LogP contribution in [0.1, 0.15) is 18.2 Å². The van der Waals surface area contributed by atoms with Crippen LogP contribution in [0.25, 0.3) is 11.3 Å². The SMILES string of the molecule is CCn1nnnc1NCc1ccc(-c2cccc(Cl)c2C)o1. The molecule has 0 amide bonds. The second-order valence-electron chi connectivity index (χ2n) is 4.85. The fourth-order valence-corrected chi connectivity index (χ4v) is 2.38. The molecule has 0 radical (unpaired) electrons. The van der Waals surface area contributed by atoms with Gasteiger partial charge in [-0.2, -0.15) is 0 Å². The molecule has 2 heterocycles. The smallest absolute Gasteiger partial charge is 0.243 e. The Bertz CT molecular complexity index is 780. The number of hydrogen-bond donors (Lipinski definition) is 1. The van der Waals surface area contributed by atoms with Crippen molar-refractivity contribution in [3.63, 3.8) is 0 Å². The van der Waals surface area contributed by atoms with Gasteiger partial charge in [0.05, 0.1) is 6.54 Å². The maximum atomic E-state index is 6.15. The second-order valence-corrected chi connectivity index (χ2v) is 5.26. The van der Waals surface area contributed by atoms with Crippen LogP contribution in [0.3, 0.4) is 0 Å². The summed E-state index contributed by atoms with van der Waals surface area (Å²) >= 11 is 6.15. The average molecular weight is 318 g/mol. The zero-order valence-corrected chi connectivity index (χ0v) is 13.1. The van der Waals surface area contributed by atoms with E-state index in [1.165, 1.54) is 0 Å². The monoisotopic (exact) mass is 317 g/mol. The number of hydrogen-bond acceptors (Lipinski definition) is 5. The molecule has 6 nitrogen and oxygen atoms in total. The highest BCUT2D eigenvalue weighted by Crippen LogP contribution is 2.29. The highest BCUT2D eigenvalue weighted by molar-refractivity contribution is 6.31. The molecule has 3 rings (SSSR count). The summed E-state index contributed by atoms with van der Waals surface area (Å²) in [7, 11) is 0. The van der Waals surface area contributed by atoms with Gasteiger partial charge in [-0.05, 0) is 48.0 Å². The first kappa shape index (κ1) is 14.6. The van der Waals surface area contributed by atoms with Gasteiger partial charge in [-0.15, -0.1) is 0 Å². The summed E-state index contributed by atoms with van der Waals surface area (Å²) in [6.45, 7) is 5.18. The van der Waals surface area contributed by atoms with Gasteiger partial charge in [0.25, 0.3) is 0 Å². The lowest BCUT2D eigenvalue weighted by atomic mass is 10.1. The van der Waals surface area contributed by atoms with E-state index in [-0.39, 0.29) is 0 Å². The van der Waals surface area contributed by atoms with E-state index in [0.717, 1.165) is 27.7 Å². The van der Waals surface area contributed by atoms with Crippen LogP contribution in [-0.2, 0) is 13.1 Å². The first-order valence-corrected chi connectivity index (χ1v) is 7.41. The van der Waals surface area contributed by atoms with E-state index in [2.05, 4.69) is 20.8 Å². The normalized spacial score (nSPS) is 10.9. The molecule has 114 valence electrons. The Morgan fingerprint density at radius 1 is 1.27 bits per heavy atom. The zero-order valence-electron chi connectivity index (χ0n) is 12.4. The van der Waals surface area contributed by atoms with Crippen molar-refractivity contribution in [3.8, 4) is 11.3 Å². The Kier molecular flexibility index (Phi) is 4.11. The third kappa shape index (κ3) is 2.82. The summed E-state index contributed by atoms with van der Waals surface area (Å²) < 4.78 is 7.56. The molecular formula is C15H16ClN5O. The van der Waals surface area contributed by atoms with Gasteiger partial charge in [-0.3, -0.25) is 0 Å². The quantitative estimate of drug-likeness (QED) is 0.779. The number of anilines is 1. The minimum absolute atomic E-state index is 0.514. The van der Waals surface area contributed by atoms with Gasteiger partial charge in [0, 0.05) is 17.1 Å². The summed E-state index contributed by atoms with van der Waals surface area (Å²) in [5, 5.41) is 15.3. The third-order valence-corrected chi connectivity index (χ3v) is 3.86. The van der Waals surface area contributed by atoms with Crippen LogP contribution in [0.5, 0.6) is 0 Å². The predicted octanol–water partition coefficient (Wildman–Crippen LogP) is 3.53. The molecule has 0 aliphatic heterocycles. The molecule has 0 unspecified atom stereocenters. The van der Waals surface area contributed by atoms with Crippen LogP contribution in [0.4, 0.5) is 5.95 Å². The molecule has 1 N–H and O–H groups in total. The van der Waals surface area contributed by atoms with Gasteiger partial charge in [0.2, 0.25) is 5.95 Å². The van der Waals surface area contributed by atoms with Crippen LogP contribution >= 0.6 is 11.6 Å². The fraction of sp³-hybridized carbons (Fsp3) is 0.267. The number of halogens is 1. The lowest BCUT2D eigenvalue weighted by Crippen LogP contribution is -2.07. The van der Waals surface area contributed by atoms with Crippen molar-refractivity contribution in [2.75, 3.05) is 5.32 Å². The molecule has 0 aliphatic rings. The maximum Gasteiger partial charge on any atom is 0.243 e. The molecule has 22 heavy (non-hydrogen) atoms. The maximum absolute atomic E-state index is 6.15. The van der Waals surface area contributed by atoms with Crippen LogP contribution in [0.15, 0.2) is 34.7 Å². The number of aryl methyl sites for hydroxylation is 1. The molecule has 3 aromatic rings. The zero-order chi connectivity index (χ0) is 15.5. The highest BCUT2D eigenvalue weighted by Gasteiger charge is 2.10. The third-order valence-electron chi connectivity index (χ3n) is 3.45. The summed E-state index contributed by atoms with van der Waals surface area (Å²) in [5.41, 5.74) is 2.00. The molecule has 2 aromatic heterocycles. The summed E-state index contributed by atoms with van der Waals surface area (Å²) in [5.74, 6) is 2.23. The molecule has 0 bridgehead atoms. The first-order chi connectivity index (χ1) is 10.7. The van der Waals surface area contributed by atoms with Crippen molar-refractivity contribution < 1.29 is 4.42 Å². The van der Waals surface area contributed by atoms with Crippen LogP contribution < -0.4 is 5.32 Å². The molecule has 0 fully saturated rings. The Labute approximate surface area is 133 Å². The lowest BCUT2D eigenvalue weighted by Gasteiger charge is -2.05. The van der Waals surface area contributed by atoms with Crippen molar-refractivity contribution in [1.29, 1.82) is 0 Å². The average Bonchev–Trinajstić information content (AvgIpc) is 3.16. The first-order valence-electron chi connectivity index (χ1n) is 7.03. The van der Waals surface area contributed by atoms with Crippen LogP contribution in [-0.4, -0.2) is 20.2 Å². The molecule has 0 spiro atoms. The Balaban J connectivity index is 1.75. The van der Waals surface area contributed by atoms with Crippen molar-refractivity contribution in [2.45, 2.75) is 26.9 Å². The summed E-state index contributed by atoms with van der Waals surface area (Å²) in [4.78, 5) is 0. The molecule has 7 heteroatoms. The van der Waals surface area contributed by atoms with Crippen molar-refractivity contribution >= 4 is 17.5 Å². The van der Waals surface area contributed by atoms with Gasteiger partial charge >= 0.3 is 0 Å². The minimum Gasteiger partial charge on any atom is -0.459 e. The molecular weight excluding hydrogens is 302 g/mol. The van der Waals surface area contributed by atoms with Gasteiger partial charge in [0.15, 0.2) is 0 Å². The van der Waals surface area contributed by atoms with E-state index in [1.807, 2.05) is 44.2 Å². The Hall–Kier alpha value is -2.34. The Morgan fingerprint density at radius 3 is 2.95 bits per heavy atom. The summed E-state index contributed by atoms with van der Waals surface area (Å²) in [6, 6.07) is 9.66. The van der Waals surface area contributed by atoms with E-state index in [1.54, 1.807) is 4.68 Å². The molecule has 0 saturated heterocycles. The van der Waals surface area contributed by atoms with Crippen molar-refractivity contribution in [3.05, 3.63) is 46.7 Å². The largest absolute Gasteiger partial charge is 0.459 e.